The molecule has 1 aromatic carbocycles. The molecule has 1 fully saturated rings. The van der Waals surface area contributed by atoms with Crippen LogP contribution in [0.5, 0.6) is 0 Å². The maximum absolute atomic E-state index is 12.9. The average molecular weight is 391 g/mol. The Labute approximate surface area is 170 Å². The number of nitrogens with one attached hydrogen (secondary N) is 2. The summed E-state index contributed by atoms with van der Waals surface area (Å²) in [5.74, 6) is 0. The van der Waals surface area contributed by atoms with Gasteiger partial charge in [0.15, 0.2) is 0 Å². The normalized spacial score (nSPS) is 17.0. The molecule has 6 N–H and O–H groups in total. The molecular weight excluding hydrogens is 366 g/mol. The van der Waals surface area contributed by atoms with Crippen LogP contribution in [0.4, 0.5) is 10.5 Å². The summed E-state index contributed by atoms with van der Waals surface area (Å²) in [4.78, 5) is 16.4. The summed E-state index contributed by atoms with van der Waals surface area (Å²) in [5.41, 5.74) is 16.6. The maximum Gasteiger partial charge on any atom is 0.320 e. The van der Waals surface area contributed by atoms with Crippen LogP contribution in [0.3, 0.4) is 0 Å². The highest BCUT2D eigenvalue weighted by molar-refractivity contribution is 5.94. The van der Waals surface area contributed by atoms with Crippen LogP contribution in [0, 0.1) is 22.1 Å². The molecule has 8 nitrogen and oxygen atoms in total. The van der Waals surface area contributed by atoms with Crippen LogP contribution in [0.2, 0.25) is 0 Å². The van der Waals surface area contributed by atoms with Crippen molar-refractivity contribution in [2.75, 3.05) is 31.9 Å². The van der Waals surface area contributed by atoms with Gasteiger partial charge in [0.05, 0.1) is 18.2 Å². The van der Waals surface area contributed by atoms with E-state index in [4.69, 9.17) is 22.3 Å². The SMILES string of the molecule is N#CC(=C1CCN(C(=O)N2CCC(N)=C(C=N)C2)CC1)c1cccc(C=N)c1N. The molecule has 2 aliphatic heterocycles. The summed E-state index contributed by atoms with van der Waals surface area (Å²) in [5, 5.41) is 24.6. The predicted molar refractivity (Wildman–Crippen MR) is 114 cm³/mol. The van der Waals surface area contributed by atoms with Crippen LogP contribution in [0.25, 0.3) is 5.57 Å². The number of piperidine rings is 1. The number of hydrogen-bond acceptors (Lipinski definition) is 6. The van der Waals surface area contributed by atoms with E-state index in [0.717, 1.165) is 5.57 Å². The van der Waals surface area contributed by atoms with E-state index >= 15 is 0 Å². The minimum Gasteiger partial charge on any atom is -0.402 e. The van der Waals surface area contributed by atoms with Gasteiger partial charge in [-0.25, -0.2) is 4.79 Å². The van der Waals surface area contributed by atoms with Crippen molar-refractivity contribution in [3.8, 4) is 6.07 Å². The Kier molecular flexibility index (Phi) is 5.98. The fourth-order valence-corrected chi connectivity index (χ4v) is 3.78. The third-order valence-corrected chi connectivity index (χ3v) is 5.54. The van der Waals surface area contributed by atoms with Crippen LogP contribution in [0.1, 0.15) is 30.4 Å². The lowest BCUT2D eigenvalue weighted by Gasteiger charge is -2.36. The second-order valence-electron chi connectivity index (χ2n) is 7.18. The lowest BCUT2D eigenvalue weighted by Crippen LogP contribution is -2.48. The van der Waals surface area contributed by atoms with Gasteiger partial charge in [0.25, 0.3) is 0 Å². The van der Waals surface area contributed by atoms with Crippen molar-refractivity contribution in [3.05, 3.63) is 46.2 Å². The summed E-state index contributed by atoms with van der Waals surface area (Å²) < 4.78 is 0. The first-order chi connectivity index (χ1) is 14.0. The van der Waals surface area contributed by atoms with E-state index in [0.29, 0.717) is 79.1 Å². The van der Waals surface area contributed by atoms with Crippen molar-refractivity contribution >= 4 is 29.7 Å². The van der Waals surface area contributed by atoms with Gasteiger partial charge in [0, 0.05) is 66.6 Å². The highest BCUT2D eigenvalue weighted by Gasteiger charge is 2.28. The van der Waals surface area contributed by atoms with Gasteiger partial charge in [-0.3, -0.25) is 0 Å². The number of para-hydroxylation sites is 1. The average Bonchev–Trinajstić information content (AvgIpc) is 2.75. The van der Waals surface area contributed by atoms with Crippen molar-refractivity contribution in [1.29, 1.82) is 16.1 Å². The summed E-state index contributed by atoms with van der Waals surface area (Å²) in [6.45, 7) is 1.97. The molecule has 0 saturated carbocycles. The first kappa shape index (κ1) is 20.1. The summed E-state index contributed by atoms with van der Waals surface area (Å²) in [7, 11) is 0. The van der Waals surface area contributed by atoms with Crippen LogP contribution >= 0.6 is 0 Å². The van der Waals surface area contributed by atoms with Crippen molar-refractivity contribution in [2.45, 2.75) is 19.3 Å². The van der Waals surface area contributed by atoms with Gasteiger partial charge in [0.1, 0.15) is 0 Å². The molecule has 2 aliphatic rings. The molecule has 0 unspecified atom stereocenters. The van der Waals surface area contributed by atoms with Crippen molar-refractivity contribution in [1.82, 2.24) is 9.80 Å². The number of carbonyl (C=O) groups excluding carboxylic acids is 1. The minimum absolute atomic E-state index is 0.0558. The number of urea groups is 1. The quantitative estimate of drug-likeness (QED) is 0.355. The van der Waals surface area contributed by atoms with Gasteiger partial charge in [-0.2, -0.15) is 5.26 Å². The minimum atomic E-state index is -0.0558. The molecule has 0 aliphatic carbocycles. The highest BCUT2D eigenvalue weighted by atomic mass is 16.2. The zero-order chi connectivity index (χ0) is 21.0. The molecule has 0 spiro atoms. The van der Waals surface area contributed by atoms with Gasteiger partial charge in [-0.15, -0.1) is 0 Å². The van der Waals surface area contributed by atoms with Crippen LogP contribution in [0.15, 0.2) is 35.0 Å². The Bertz CT molecular complexity index is 944. The van der Waals surface area contributed by atoms with E-state index < -0.39 is 0 Å². The van der Waals surface area contributed by atoms with E-state index in [9.17, 15) is 10.1 Å². The molecule has 1 saturated heterocycles. The number of nitrogens with zero attached hydrogens (tertiary/aromatic N) is 3. The first-order valence-electron chi connectivity index (χ1n) is 9.53. The van der Waals surface area contributed by atoms with Crippen LogP contribution in [-0.2, 0) is 0 Å². The second kappa shape index (κ2) is 8.61. The number of amides is 2. The zero-order valence-corrected chi connectivity index (χ0v) is 16.2. The molecule has 29 heavy (non-hydrogen) atoms. The number of anilines is 1. The molecule has 2 heterocycles. The van der Waals surface area contributed by atoms with Gasteiger partial charge >= 0.3 is 6.03 Å². The fraction of sp³-hybridized carbons (Fsp3) is 0.333. The molecule has 150 valence electrons. The molecule has 0 atom stereocenters. The smallest absolute Gasteiger partial charge is 0.320 e. The van der Waals surface area contributed by atoms with Crippen molar-refractivity contribution in [3.63, 3.8) is 0 Å². The number of benzene rings is 1. The van der Waals surface area contributed by atoms with Gasteiger partial charge < -0.3 is 32.1 Å². The molecule has 3 rings (SSSR count). The fourth-order valence-electron chi connectivity index (χ4n) is 3.78. The number of nitriles is 1. The molecule has 8 heteroatoms. The summed E-state index contributed by atoms with van der Waals surface area (Å²) in [6.07, 6.45) is 4.19. The van der Waals surface area contributed by atoms with Gasteiger partial charge in [-0.05, 0) is 18.4 Å². The van der Waals surface area contributed by atoms with E-state index in [1.165, 1.54) is 12.4 Å². The third-order valence-electron chi connectivity index (χ3n) is 5.54. The Morgan fingerprint density at radius 1 is 1.07 bits per heavy atom. The highest BCUT2D eigenvalue weighted by Crippen LogP contribution is 2.31. The molecule has 0 bridgehead atoms. The number of likely N-dealkylation sites (tertiary alicyclic amines) is 1. The lowest BCUT2D eigenvalue weighted by molar-refractivity contribution is 0.152. The number of nitrogens with two attached hydrogens (primary N) is 2. The molecule has 2 amide bonds. The molecule has 1 aromatic rings. The lowest BCUT2D eigenvalue weighted by atomic mass is 9.92. The number of nitrogen functional groups attached to an aromatic ring is 1. The Balaban J connectivity index is 1.74. The van der Waals surface area contributed by atoms with E-state index in [1.54, 1.807) is 28.0 Å². The molecule has 0 radical (unpaired) electrons. The van der Waals surface area contributed by atoms with Crippen LogP contribution in [-0.4, -0.2) is 54.4 Å². The Morgan fingerprint density at radius 2 is 1.76 bits per heavy atom. The number of carbonyl (C=O) groups is 1. The molecular formula is C21H25N7O. The Morgan fingerprint density at radius 3 is 2.38 bits per heavy atom. The maximum atomic E-state index is 12.9. The second-order valence-corrected chi connectivity index (χ2v) is 7.18. The predicted octanol–water partition coefficient (Wildman–Crippen LogP) is 2.33. The Hall–Kier alpha value is -3.60. The standard InChI is InChI=1S/C21H25N7O/c22-10-15-2-1-3-17(20(15)26)18(12-24)14-4-7-27(8-5-14)21(29)28-9-6-19(25)16(11-23)13-28/h1-3,10-11,22-23H,4-9,13,25-26H2. The first-order valence-corrected chi connectivity index (χ1v) is 9.53. The van der Waals surface area contributed by atoms with Gasteiger partial charge in [-0.1, -0.05) is 18.2 Å². The topological polar surface area (TPSA) is 147 Å². The van der Waals surface area contributed by atoms with E-state index in [1.807, 2.05) is 0 Å². The zero-order valence-electron chi connectivity index (χ0n) is 16.2. The number of hydrogen-bond donors (Lipinski definition) is 4. The van der Waals surface area contributed by atoms with Crippen molar-refractivity contribution in [2.24, 2.45) is 5.73 Å². The monoisotopic (exact) mass is 391 g/mol. The largest absolute Gasteiger partial charge is 0.402 e. The molecule has 0 aromatic heterocycles. The van der Waals surface area contributed by atoms with Gasteiger partial charge in [0.2, 0.25) is 0 Å². The van der Waals surface area contributed by atoms with E-state index in [2.05, 4.69) is 6.07 Å². The summed E-state index contributed by atoms with van der Waals surface area (Å²) in [6, 6.07) is 7.55. The number of rotatable bonds is 3. The van der Waals surface area contributed by atoms with Crippen molar-refractivity contribution < 1.29 is 4.79 Å². The van der Waals surface area contributed by atoms with Crippen LogP contribution < -0.4 is 11.5 Å². The van der Waals surface area contributed by atoms with E-state index in [-0.39, 0.29) is 6.03 Å². The summed E-state index contributed by atoms with van der Waals surface area (Å²) >= 11 is 0. The number of allylic oxidation sites excluding steroid dienone is 1. The third kappa shape index (κ3) is 3.99.